The van der Waals surface area contributed by atoms with Crippen molar-refractivity contribution >= 4 is 0 Å². The van der Waals surface area contributed by atoms with E-state index >= 15 is 0 Å². The Bertz CT molecular complexity index is 380. The van der Waals surface area contributed by atoms with E-state index in [1.807, 2.05) is 24.3 Å². The van der Waals surface area contributed by atoms with Crippen LogP contribution in [0.1, 0.15) is 44.8 Å². The number of hydrogen-bond donors (Lipinski definition) is 1. The number of nitrogens with zero attached hydrogens (tertiary/aromatic N) is 1. The second-order valence-corrected chi connectivity index (χ2v) is 5.61. The van der Waals surface area contributed by atoms with Crippen LogP contribution in [0.15, 0.2) is 24.3 Å². The molecule has 106 valence electrons. The van der Waals surface area contributed by atoms with Gasteiger partial charge in [0.05, 0.1) is 13.2 Å². The molecule has 2 rings (SSSR count). The lowest BCUT2D eigenvalue weighted by Crippen LogP contribution is -2.45. The molecule has 1 fully saturated rings. The second-order valence-electron chi connectivity index (χ2n) is 5.61. The van der Waals surface area contributed by atoms with Gasteiger partial charge in [-0.25, -0.2) is 0 Å². The molecule has 1 heterocycles. The van der Waals surface area contributed by atoms with Crippen LogP contribution in [0.25, 0.3) is 0 Å². The monoisotopic (exact) mass is 263 g/mol. The van der Waals surface area contributed by atoms with Crippen LogP contribution >= 0.6 is 0 Å². The van der Waals surface area contributed by atoms with Crippen molar-refractivity contribution in [2.24, 2.45) is 0 Å². The molecule has 0 bridgehead atoms. The third kappa shape index (κ3) is 3.48. The van der Waals surface area contributed by atoms with E-state index in [1.54, 1.807) is 7.11 Å². The zero-order valence-electron chi connectivity index (χ0n) is 12.2. The van der Waals surface area contributed by atoms with Gasteiger partial charge in [-0.05, 0) is 44.4 Å². The van der Waals surface area contributed by atoms with Crippen molar-refractivity contribution in [2.75, 3.05) is 13.7 Å². The van der Waals surface area contributed by atoms with Gasteiger partial charge in [0.15, 0.2) is 0 Å². The summed E-state index contributed by atoms with van der Waals surface area (Å²) in [5.41, 5.74) is 0.964. The number of likely N-dealkylation sites (tertiary alicyclic amines) is 1. The number of methoxy groups -OCH3 is 1. The van der Waals surface area contributed by atoms with Crippen LogP contribution in [0.4, 0.5) is 0 Å². The van der Waals surface area contributed by atoms with Crippen molar-refractivity contribution in [3.8, 4) is 5.75 Å². The SMILES string of the molecule is COc1ccc(C(O)CN2[C@H](C)CCC[C@@H]2C)cc1. The van der Waals surface area contributed by atoms with Crippen LogP contribution in [-0.4, -0.2) is 35.7 Å². The number of hydrogen-bond acceptors (Lipinski definition) is 3. The highest BCUT2D eigenvalue weighted by Crippen LogP contribution is 2.26. The van der Waals surface area contributed by atoms with Crippen molar-refractivity contribution in [1.29, 1.82) is 0 Å². The number of ether oxygens (including phenoxy) is 1. The molecule has 3 atom stereocenters. The standard InChI is InChI=1S/C16H25NO2/c1-12-5-4-6-13(2)17(12)11-16(18)14-7-9-15(19-3)10-8-14/h7-10,12-13,16,18H,4-6,11H2,1-3H3/t12-,13+,16?. The van der Waals surface area contributed by atoms with Gasteiger partial charge < -0.3 is 9.84 Å². The predicted octanol–water partition coefficient (Wildman–Crippen LogP) is 2.99. The molecule has 1 aliphatic rings. The molecule has 1 aromatic carbocycles. The molecule has 0 spiro atoms. The molecule has 3 heteroatoms. The summed E-state index contributed by atoms with van der Waals surface area (Å²) in [5, 5.41) is 10.4. The largest absolute Gasteiger partial charge is 0.497 e. The van der Waals surface area contributed by atoms with Crippen LogP contribution in [0.2, 0.25) is 0 Å². The first-order chi connectivity index (χ1) is 9.11. The maximum Gasteiger partial charge on any atom is 0.118 e. The molecule has 0 amide bonds. The highest BCUT2D eigenvalue weighted by atomic mass is 16.5. The number of aliphatic hydroxyl groups excluding tert-OH is 1. The minimum absolute atomic E-state index is 0.422. The molecule has 3 nitrogen and oxygen atoms in total. The van der Waals surface area contributed by atoms with E-state index in [0.29, 0.717) is 18.6 Å². The Kier molecular flexibility index (Phi) is 4.83. The maximum atomic E-state index is 10.4. The van der Waals surface area contributed by atoms with Gasteiger partial charge in [-0.15, -0.1) is 0 Å². The summed E-state index contributed by atoms with van der Waals surface area (Å²) >= 11 is 0. The van der Waals surface area contributed by atoms with Gasteiger partial charge in [-0.2, -0.15) is 0 Å². The lowest BCUT2D eigenvalue weighted by Gasteiger charge is -2.40. The first-order valence-electron chi connectivity index (χ1n) is 7.19. The van der Waals surface area contributed by atoms with E-state index < -0.39 is 6.10 Å². The first-order valence-corrected chi connectivity index (χ1v) is 7.19. The van der Waals surface area contributed by atoms with Crippen molar-refractivity contribution in [3.63, 3.8) is 0 Å². The number of piperidine rings is 1. The van der Waals surface area contributed by atoms with Crippen LogP contribution in [-0.2, 0) is 0 Å². The second kappa shape index (κ2) is 6.40. The van der Waals surface area contributed by atoms with Crippen molar-refractivity contribution in [1.82, 2.24) is 4.90 Å². The van der Waals surface area contributed by atoms with E-state index in [2.05, 4.69) is 18.7 Å². The maximum absolute atomic E-state index is 10.4. The van der Waals surface area contributed by atoms with Gasteiger partial charge in [0.25, 0.3) is 0 Å². The predicted molar refractivity (Wildman–Crippen MR) is 77.4 cm³/mol. The zero-order valence-corrected chi connectivity index (χ0v) is 12.2. The minimum atomic E-state index is -0.422. The number of rotatable bonds is 4. The Balaban J connectivity index is 2.00. The molecule has 0 aromatic heterocycles. The Morgan fingerprint density at radius 2 is 1.79 bits per heavy atom. The van der Waals surface area contributed by atoms with Gasteiger partial charge in [-0.3, -0.25) is 4.90 Å². The number of aliphatic hydroxyl groups is 1. The molecule has 1 saturated heterocycles. The number of β-amino-alcohol motifs (C(OH)–C–C–N with tert-alkyl or cyclic N) is 1. The Hall–Kier alpha value is -1.06. The smallest absolute Gasteiger partial charge is 0.118 e. The molecule has 1 N–H and O–H groups in total. The molecule has 1 aromatic rings. The van der Waals surface area contributed by atoms with Crippen molar-refractivity contribution < 1.29 is 9.84 Å². The molecule has 1 unspecified atom stereocenters. The Labute approximate surface area is 116 Å². The van der Waals surface area contributed by atoms with E-state index in [0.717, 1.165) is 11.3 Å². The van der Waals surface area contributed by atoms with Crippen LogP contribution in [0.5, 0.6) is 5.75 Å². The summed E-state index contributed by atoms with van der Waals surface area (Å²) in [4.78, 5) is 2.43. The molecule has 0 aliphatic carbocycles. The lowest BCUT2D eigenvalue weighted by molar-refractivity contribution is 0.0411. The molecular formula is C16H25NO2. The lowest BCUT2D eigenvalue weighted by atomic mass is 9.96. The summed E-state index contributed by atoms with van der Waals surface area (Å²) in [6, 6.07) is 8.84. The molecule has 19 heavy (non-hydrogen) atoms. The van der Waals surface area contributed by atoms with Gasteiger partial charge in [0, 0.05) is 18.6 Å². The van der Waals surface area contributed by atoms with Crippen molar-refractivity contribution in [3.05, 3.63) is 29.8 Å². The zero-order chi connectivity index (χ0) is 13.8. The first kappa shape index (κ1) is 14.4. The third-order valence-electron chi connectivity index (χ3n) is 4.26. The third-order valence-corrected chi connectivity index (χ3v) is 4.26. The normalized spacial score (nSPS) is 26.1. The average Bonchev–Trinajstić information content (AvgIpc) is 2.43. The highest BCUT2D eigenvalue weighted by molar-refractivity contribution is 5.28. The average molecular weight is 263 g/mol. The summed E-state index contributed by atoms with van der Waals surface area (Å²) < 4.78 is 5.14. The quantitative estimate of drug-likeness (QED) is 0.906. The molecule has 0 saturated carbocycles. The summed E-state index contributed by atoms with van der Waals surface area (Å²) in [6.45, 7) is 5.24. The molecular weight excluding hydrogens is 238 g/mol. The van der Waals surface area contributed by atoms with Crippen LogP contribution < -0.4 is 4.74 Å². The van der Waals surface area contributed by atoms with Crippen LogP contribution in [0, 0.1) is 0 Å². The molecule has 1 aliphatic heterocycles. The van der Waals surface area contributed by atoms with Gasteiger partial charge in [0.2, 0.25) is 0 Å². The van der Waals surface area contributed by atoms with Gasteiger partial charge in [0.1, 0.15) is 5.75 Å². The fourth-order valence-electron chi connectivity index (χ4n) is 2.97. The fraction of sp³-hybridized carbons (Fsp3) is 0.625. The van der Waals surface area contributed by atoms with Gasteiger partial charge >= 0.3 is 0 Å². The Morgan fingerprint density at radius 3 is 2.32 bits per heavy atom. The molecule has 0 radical (unpaired) electrons. The summed E-state index contributed by atoms with van der Waals surface area (Å²) in [7, 11) is 1.66. The fourth-order valence-corrected chi connectivity index (χ4v) is 2.97. The highest BCUT2D eigenvalue weighted by Gasteiger charge is 2.26. The topological polar surface area (TPSA) is 32.7 Å². The van der Waals surface area contributed by atoms with Gasteiger partial charge in [-0.1, -0.05) is 18.6 Å². The minimum Gasteiger partial charge on any atom is -0.497 e. The summed E-state index contributed by atoms with van der Waals surface area (Å²) in [6.07, 6.45) is 3.35. The van der Waals surface area contributed by atoms with Crippen LogP contribution in [0.3, 0.4) is 0 Å². The Morgan fingerprint density at radius 1 is 1.21 bits per heavy atom. The van der Waals surface area contributed by atoms with Crippen molar-refractivity contribution in [2.45, 2.75) is 51.3 Å². The number of benzene rings is 1. The van der Waals surface area contributed by atoms with E-state index in [9.17, 15) is 5.11 Å². The van der Waals surface area contributed by atoms with E-state index in [4.69, 9.17) is 4.74 Å². The van der Waals surface area contributed by atoms with E-state index in [-0.39, 0.29) is 0 Å². The van der Waals surface area contributed by atoms with E-state index in [1.165, 1.54) is 19.3 Å². The summed E-state index contributed by atoms with van der Waals surface area (Å²) in [5.74, 6) is 0.829.